The first-order valence-corrected chi connectivity index (χ1v) is 6.16. The van der Waals surface area contributed by atoms with Crippen molar-refractivity contribution in [1.82, 2.24) is 0 Å². The summed E-state index contributed by atoms with van der Waals surface area (Å²) in [5, 5.41) is 0. The summed E-state index contributed by atoms with van der Waals surface area (Å²) in [6.45, 7) is 8.46. The summed E-state index contributed by atoms with van der Waals surface area (Å²) in [6.07, 6.45) is 1.64. The van der Waals surface area contributed by atoms with E-state index in [1.54, 1.807) is 6.08 Å². The van der Waals surface area contributed by atoms with Crippen LogP contribution in [0.3, 0.4) is 0 Å². The summed E-state index contributed by atoms with van der Waals surface area (Å²) in [4.78, 5) is 14.3. The molecule has 2 rings (SSSR count). The van der Waals surface area contributed by atoms with Gasteiger partial charge in [-0.05, 0) is 48.1 Å². The maximum Gasteiger partial charge on any atom is 0.240 e. The quantitative estimate of drug-likeness (QED) is 0.560. The molecule has 0 aliphatic heterocycles. The summed E-state index contributed by atoms with van der Waals surface area (Å²) in [6, 6.07) is 8.40. The third-order valence-electron chi connectivity index (χ3n) is 3.37. The van der Waals surface area contributed by atoms with Gasteiger partial charge in [0.1, 0.15) is 0 Å². The molecule has 18 heavy (non-hydrogen) atoms. The molecule has 0 fully saturated rings. The highest BCUT2D eigenvalue weighted by atomic mass is 16.1. The number of hydrogen-bond donors (Lipinski definition) is 0. The molecule has 0 bridgehead atoms. The fourth-order valence-corrected chi connectivity index (χ4v) is 2.31. The standard InChI is InChI=1S/C16H17NO/c1-10(2)13-6-5-11(3)16-14(8-13)12(4)7-15(16)17-9-18/h5-8,10H,1-4H3. The Morgan fingerprint density at radius 3 is 2.44 bits per heavy atom. The van der Waals surface area contributed by atoms with E-state index in [2.05, 4.69) is 50.9 Å². The Kier molecular flexibility index (Phi) is 3.31. The molecular formula is C16H17NO. The minimum Gasteiger partial charge on any atom is -0.211 e. The van der Waals surface area contributed by atoms with E-state index < -0.39 is 0 Å². The Morgan fingerprint density at radius 2 is 1.83 bits per heavy atom. The normalized spacial score (nSPS) is 10.7. The van der Waals surface area contributed by atoms with Gasteiger partial charge >= 0.3 is 0 Å². The van der Waals surface area contributed by atoms with Gasteiger partial charge in [-0.1, -0.05) is 32.0 Å². The lowest BCUT2D eigenvalue weighted by atomic mass is 10.0. The molecule has 92 valence electrons. The van der Waals surface area contributed by atoms with Crippen LogP contribution >= 0.6 is 0 Å². The maximum absolute atomic E-state index is 10.5. The molecule has 0 saturated heterocycles. The summed E-state index contributed by atoms with van der Waals surface area (Å²) >= 11 is 0. The Bertz CT molecular complexity index is 607. The first kappa shape index (κ1) is 12.5. The van der Waals surface area contributed by atoms with Gasteiger partial charge in [0.15, 0.2) is 0 Å². The van der Waals surface area contributed by atoms with Crippen molar-refractivity contribution < 1.29 is 4.79 Å². The molecule has 0 radical (unpaired) electrons. The first-order valence-electron chi connectivity index (χ1n) is 6.16. The molecule has 2 aliphatic rings. The summed E-state index contributed by atoms with van der Waals surface area (Å²) < 4.78 is 0. The van der Waals surface area contributed by atoms with Crippen LogP contribution < -0.4 is 0 Å². The van der Waals surface area contributed by atoms with Gasteiger partial charge in [-0.3, -0.25) is 0 Å². The fourth-order valence-electron chi connectivity index (χ4n) is 2.31. The van der Waals surface area contributed by atoms with Gasteiger partial charge in [-0.2, -0.15) is 4.99 Å². The summed E-state index contributed by atoms with van der Waals surface area (Å²) in [7, 11) is 0. The molecule has 0 saturated carbocycles. The highest BCUT2D eigenvalue weighted by Crippen LogP contribution is 2.40. The summed E-state index contributed by atoms with van der Waals surface area (Å²) in [5.74, 6) is 0.479. The SMILES string of the molecule is Cc1cc(N=C=O)c2c(C)ccc(C(C)C)cc1-2. The van der Waals surface area contributed by atoms with Gasteiger partial charge in [0.2, 0.25) is 6.08 Å². The minimum atomic E-state index is 0.479. The van der Waals surface area contributed by atoms with Crippen molar-refractivity contribution in [1.29, 1.82) is 0 Å². The van der Waals surface area contributed by atoms with Crippen LogP contribution in [-0.2, 0) is 4.79 Å². The predicted molar refractivity (Wildman–Crippen MR) is 74.4 cm³/mol. The van der Waals surface area contributed by atoms with Crippen molar-refractivity contribution in [2.24, 2.45) is 4.99 Å². The zero-order valence-electron chi connectivity index (χ0n) is 11.2. The van der Waals surface area contributed by atoms with E-state index in [9.17, 15) is 4.79 Å². The van der Waals surface area contributed by atoms with E-state index >= 15 is 0 Å². The van der Waals surface area contributed by atoms with E-state index in [4.69, 9.17) is 0 Å². The van der Waals surface area contributed by atoms with Crippen LogP contribution in [0.15, 0.2) is 29.3 Å². The minimum absolute atomic E-state index is 0.479. The highest BCUT2D eigenvalue weighted by molar-refractivity contribution is 5.86. The number of rotatable bonds is 2. The molecular weight excluding hydrogens is 222 g/mol. The molecule has 0 aromatic heterocycles. The number of aliphatic imine (C=N–C) groups is 1. The molecule has 2 heteroatoms. The first-order chi connectivity index (χ1) is 8.54. The molecule has 2 nitrogen and oxygen atoms in total. The van der Waals surface area contributed by atoms with Gasteiger partial charge in [0.05, 0.1) is 5.69 Å². The molecule has 0 atom stereocenters. The Balaban J connectivity index is 2.79. The lowest BCUT2D eigenvalue weighted by molar-refractivity contribution is 0.565. The lowest BCUT2D eigenvalue weighted by Crippen LogP contribution is -1.83. The zero-order chi connectivity index (χ0) is 13.3. The van der Waals surface area contributed by atoms with E-state index in [1.165, 1.54) is 11.1 Å². The summed E-state index contributed by atoms with van der Waals surface area (Å²) in [5.41, 5.74) is 6.54. The van der Waals surface area contributed by atoms with Crippen molar-refractivity contribution in [3.63, 3.8) is 0 Å². The molecule has 0 spiro atoms. The third-order valence-corrected chi connectivity index (χ3v) is 3.37. The fraction of sp³-hybridized carbons (Fsp3) is 0.312. The van der Waals surface area contributed by atoms with Crippen LogP contribution in [0.2, 0.25) is 0 Å². The van der Waals surface area contributed by atoms with Crippen LogP contribution in [0.5, 0.6) is 0 Å². The average Bonchev–Trinajstić information content (AvgIpc) is 2.50. The average molecular weight is 239 g/mol. The van der Waals surface area contributed by atoms with Gasteiger partial charge in [0, 0.05) is 5.56 Å². The van der Waals surface area contributed by atoms with Gasteiger partial charge in [0.25, 0.3) is 0 Å². The number of aryl methyl sites for hydroxylation is 2. The molecule has 0 unspecified atom stereocenters. The second kappa shape index (κ2) is 4.75. The van der Waals surface area contributed by atoms with Crippen molar-refractivity contribution in [3.05, 3.63) is 41.0 Å². The largest absolute Gasteiger partial charge is 0.240 e. The molecule has 0 N–H and O–H groups in total. The smallest absolute Gasteiger partial charge is 0.211 e. The van der Waals surface area contributed by atoms with Crippen molar-refractivity contribution in [2.75, 3.05) is 0 Å². The van der Waals surface area contributed by atoms with E-state index in [0.29, 0.717) is 5.92 Å². The second-order valence-electron chi connectivity index (χ2n) is 5.02. The topological polar surface area (TPSA) is 29.4 Å². The van der Waals surface area contributed by atoms with Crippen LogP contribution in [0.25, 0.3) is 11.1 Å². The highest BCUT2D eigenvalue weighted by Gasteiger charge is 2.15. The van der Waals surface area contributed by atoms with Crippen molar-refractivity contribution in [3.8, 4) is 11.1 Å². The van der Waals surface area contributed by atoms with Crippen LogP contribution in [0, 0.1) is 13.8 Å². The van der Waals surface area contributed by atoms with Gasteiger partial charge < -0.3 is 0 Å². The number of isocyanates is 1. The molecule has 2 aliphatic carbocycles. The number of hydrogen-bond acceptors (Lipinski definition) is 2. The zero-order valence-corrected chi connectivity index (χ0v) is 11.2. The van der Waals surface area contributed by atoms with E-state index in [0.717, 1.165) is 22.4 Å². The lowest BCUT2D eigenvalue weighted by Gasteiger charge is -2.03. The van der Waals surface area contributed by atoms with Crippen LogP contribution in [0.1, 0.15) is 36.5 Å². The van der Waals surface area contributed by atoms with E-state index in [-0.39, 0.29) is 0 Å². The Hall–Kier alpha value is -1.92. The second-order valence-corrected chi connectivity index (χ2v) is 5.02. The van der Waals surface area contributed by atoms with Crippen LogP contribution in [-0.4, -0.2) is 6.08 Å². The molecule has 0 aromatic rings. The van der Waals surface area contributed by atoms with E-state index in [1.807, 2.05) is 6.07 Å². The third kappa shape index (κ3) is 2.07. The Labute approximate surface area is 108 Å². The van der Waals surface area contributed by atoms with Crippen molar-refractivity contribution in [2.45, 2.75) is 33.6 Å². The predicted octanol–water partition coefficient (Wildman–Crippen LogP) is 4.50. The van der Waals surface area contributed by atoms with Gasteiger partial charge in [-0.15, -0.1) is 0 Å². The number of carbonyl (C=O) groups excluding carboxylic acids is 1. The maximum atomic E-state index is 10.5. The van der Waals surface area contributed by atoms with Gasteiger partial charge in [-0.25, -0.2) is 4.79 Å². The molecule has 0 amide bonds. The number of nitrogens with zero attached hydrogens (tertiary/aromatic N) is 1. The molecule has 0 heterocycles. The number of fused-ring (bicyclic) bond motifs is 1. The Morgan fingerprint density at radius 1 is 1.11 bits per heavy atom. The monoisotopic (exact) mass is 239 g/mol. The van der Waals surface area contributed by atoms with Crippen molar-refractivity contribution >= 4 is 11.8 Å². The molecule has 0 aromatic carbocycles. The van der Waals surface area contributed by atoms with Crippen LogP contribution in [0.4, 0.5) is 5.69 Å².